The van der Waals surface area contributed by atoms with E-state index in [1.165, 1.54) is 11.8 Å². The lowest BCUT2D eigenvalue weighted by Crippen LogP contribution is -2.34. The standard InChI is InChI=1S/C14H27NO3S/c1-4-6-8-15(9-7-5-2)13(16)11-19-12(3)10-14(17)18/h12H,4-11H2,1-3H3,(H,17,18). The zero-order valence-electron chi connectivity index (χ0n) is 12.4. The highest BCUT2D eigenvalue weighted by Gasteiger charge is 2.15. The van der Waals surface area contributed by atoms with Crippen molar-refractivity contribution < 1.29 is 14.7 Å². The summed E-state index contributed by atoms with van der Waals surface area (Å²) in [7, 11) is 0. The van der Waals surface area contributed by atoms with Gasteiger partial charge in [-0.1, -0.05) is 33.6 Å². The lowest BCUT2D eigenvalue weighted by molar-refractivity contribution is -0.137. The molecule has 0 rings (SSSR count). The van der Waals surface area contributed by atoms with Crippen molar-refractivity contribution >= 4 is 23.6 Å². The first-order valence-electron chi connectivity index (χ1n) is 7.12. The van der Waals surface area contributed by atoms with E-state index in [1.54, 1.807) is 0 Å². The smallest absolute Gasteiger partial charge is 0.304 e. The van der Waals surface area contributed by atoms with Crippen LogP contribution in [0.2, 0.25) is 0 Å². The van der Waals surface area contributed by atoms with Gasteiger partial charge in [-0.2, -0.15) is 0 Å². The molecule has 0 aromatic rings. The van der Waals surface area contributed by atoms with Crippen molar-refractivity contribution in [3.05, 3.63) is 0 Å². The number of rotatable bonds is 11. The van der Waals surface area contributed by atoms with Crippen molar-refractivity contribution in [2.45, 2.75) is 58.1 Å². The van der Waals surface area contributed by atoms with Crippen molar-refractivity contribution in [1.29, 1.82) is 0 Å². The molecule has 0 aliphatic rings. The molecule has 1 atom stereocenters. The van der Waals surface area contributed by atoms with Gasteiger partial charge in [-0.15, -0.1) is 11.8 Å². The van der Waals surface area contributed by atoms with Crippen molar-refractivity contribution in [2.24, 2.45) is 0 Å². The minimum Gasteiger partial charge on any atom is -0.481 e. The van der Waals surface area contributed by atoms with Crippen LogP contribution in [0.5, 0.6) is 0 Å². The Hall–Kier alpha value is -0.710. The highest BCUT2D eigenvalue weighted by Crippen LogP contribution is 2.15. The largest absolute Gasteiger partial charge is 0.481 e. The maximum Gasteiger partial charge on any atom is 0.304 e. The van der Waals surface area contributed by atoms with E-state index in [9.17, 15) is 9.59 Å². The number of carbonyl (C=O) groups is 2. The zero-order chi connectivity index (χ0) is 14.7. The van der Waals surface area contributed by atoms with Gasteiger partial charge in [0.25, 0.3) is 0 Å². The summed E-state index contributed by atoms with van der Waals surface area (Å²) in [6.45, 7) is 7.74. The Bertz CT molecular complexity index is 263. The predicted octanol–water partition coefficient (Wildman–Crippen LogP) is 3.01. The number of nitrogens with zero attached hydrogens (tertiary/aromatic N) is 1. The number of aliphatic carboxylic acids is 1. The highest BCUT2D eigenvalue weighted by molar-refractivity contribution is 8.00. The van der Waals surface area contributed by atoms with E-state index < -0.39 is 5.97 Å². The average Bonchev–Trinajstić information content (AvgIpc) is 2.35. The first kappa shape index (κ1) is 18.3. The predicted molar refractivity (Wildman–Crippen MR) is 80.6 cm³/mol. The van der Waals surface area contributed by atoms with E-state index in [-0.39, 0.29) is 17.6 Å². The number of carboxylic acid groups (broad SMARTS) is 1. The number of hydrogen-bond acceptors (Lipinski definition) is 3. The number of thioether (sulfide) groups is 1. The Balaban J connectivity index is 4.10. The summed E-state index contributed by atoms with van der Waals surface area (Å²) in [5.74, 6) is -0.271. The fourth-order valence-corrected chi connectivity index (χ4v) is 2.54. The summed E-state index contributed by atoms with van der Waals surface area (Å²) >= 11 is 1.44. The minimum atomic E-state index is -0.804. The van der Waals surface area contributed by atoms with E-state index in [0.29, 0.717) is 5.75 Å². The summed E-state index contributed by atoms with van der Waals surface area (Å²) in [6, 6.07) is 0. The van der Waals surface area contributed by atoms with Crippen LogP contribution >= 0.6 is 11.8 Å². The molecular formula is C14H27NO3S. The number of carbonyl (C=O) groups excluding carboxylic acids is 1. The molecule has 0 aromatic carbocycles. The lowest BCUT2D eigenvalue weighted by Gasteiger charge is -2.23. The molecule has 1 amide bonds. The van der Waals surface area contributed by atoms with Gasteiger partial charge in [0.05, 0.1) is 12.2 Å². The van der Waals surface area contributed by atoms with Crippen LogP contribution in [0.15, 0.2) is 0 Å². The molecule has 0 fully saturated rings. The normalized spacial score (nSPS) is 12.2. The van der Waals surface area contributed by atoms with E-state index in [1.807, 2.05) is 11.8 Å². The van der Waals surface area contributed by atoms with Gasteiger partial charge in [0.1, 0.15) is 0 Å². The van der Waals surface area contributed by atoms with Crippen molar-refractivity contribution in [3.8, 4) is 0 Å². The Labute approximate surface area is 120 Å². The fourth-order valence-electron chi connectivity index (χ4n) is 1.67. The number of carboxylic acids is 1. The van der Waals surface area contributed by atoms with Gasteiger partial charge in [-0.05, 0) is 12.8 Å². The molecule has 0 aliphatic heterocycles. The van der Waals surface area contributed by atoms with Crippen molar-refractivity contribution in [1.82, 2.24) is 4.90 Å². The number of amides is 1. The third-order valence-corrected chi connectivity index (χ3v) is 4.02. The summed E-state index contributed by atoms with van der Waals surface area (Å²) in [5, 5.41) is 8.67. The summed E-state index contributed by atoms with van der Waals surface area (Å²) in [5.41, 5.74) is 0. The molecule has 0 heterocycles. The topological polar surface area (TPSA) is 57.6 Å². The van der Waals surface area contributed by atoms with Crippen LogP contribution < -0.4 is 0 Å². The van der Waals surface area contributed by atoms with Gasteiger partial charge in [-0.25, -0.2) is 0 Å². The van der Waals surface area contributed by atoms with E-state index >= 15 is 0 Å². The monoisotopic (exact) mass is 289 g/mol. The molecule has 5 heteroatoms. The van der Waals surface area contributed by atoms with Gasteiger partial charge in [0.15, 0.2) is 0 Å². The first-order chi connectivity index (χ1) is 9.01. The molecular weight excluding hydrogens is 262 g/mol. The molecule has 0 saturated heterocycles. The van der Waals surface area contributed by atoms with Crippen LogP contribution in [-0.2, 0) is 9.59 Å². The van der Waals surface area contributed by atoms with Crippen LogP contribution in [0.1, 0.15) is 52.9 Å². The Morgan fingerprint density at radius 2 is 1.68 bits per heavy atom. The molecule has 1 unspecified atom stereocenters. The second kappa shape index (κ2) is 11.1. The van der Waals surface area contributed by atoms with Crippen LogP contribution in [0.3, 0.4) is 0 Å². The van der Waals surface area contributed by atoms with Crippen LogP contribution in [0.4, 0.5) is 0 Å². The van der Waals surface area contributed by atoms with Crippen LogP contribution in [-0.4, -0.2) is 46.0 Å². The van der Waals surface area contributed by atoms with Crippen LogP contribution in [0, 0.1) is 0 Å². The Kier molecular flexibility index (Phi) is 10.7. The maximum atomic E-state index is 12.1. The molecule has 112 valence electrons. The number of unbranched alkanes of at least 4 members (excludes halogenated alkanes) is 2. The maximum absolute atomic E-state index is 12.1. The first-order valence-corrected chi connectivity index (χ1v) is 8.17. The Morgan fingerprint density at radius 3 is 2.11 bits per heavy atom. The second-order valence-electron chi connectivity index (χ2n) is 4.81. The average molecular weight is 289 g/mol. The SMILES string of the molecule is CCCCN(CCCC)C(=O)CSC(C)CC(=O)O. The second-order valence-corrected chi connectivity index (χ2v) is 6.23. The third kappa shape index (κ3) is 9.82. The quantitative estimate of drug-likeness (QED) is 0.635. The van der Waals surface area contributed by atoms with Gasteiger partial charge < -0.3 is 10.0 Å². The van der Waals surface area contributed by atoms with Gasteiger partial charge >= 0.3 is 5.97 Å². The molecule has 1 N–H and O–H groups in total. The van der Waals surface area contributed by atoms with Crippen LogP contribution in [0.25, 0.3) is 0 Å². The molecule has 4 nitrogen and oxygen atoms in total. The molecule has 0 aliphatic carbocycles. The summed E-state index contributed by atoms with van der Waals surface area (Å²) in [4.78, 5) is 24.6. The molecule has 0 aromatic heterocycles. The van der Waals surface area contributed by atoms with E-state index in [2.05, 4.69) is 13.8 Å². The molecule has 19 heavy (non-hydrogen) atoms. The molecule has 0 spiro atoms. The van der Waals surface area contributed by atoms with Gasteiger partial charge in [-0.3, -0.25) is 9.59 Å². The van der Waals surface area contributed by atoms with Gasteiger partial charge in [0, 0.05) is 18.3 Å². The minimum absolute atomic E-state index is 0.0133. The summed E-state index contributed by atoms with van der Waals surface area (Å²) < 4.78 is 0. The third-order valence-electron chi connectivity index (χ3n) is 2.87. The lowest BCUT2D eigenvalue weighted by atomic mass is 10.2. The molecule has 0 radical (unpaired) electrons. The molecule has 0 saturated carbocycles. The van der Waals surface area contributed by atoms with Gasteiger partial charge in [0.2, 0.25) is 5.91 Å². The van der Waals surface area contributed by atoms with E-state index in [4.69, 9.17) is 5.11 Å². The van der Waals surface area contributed by atoms with Crippen molar-refractivity contribution in [3.63, 3.8) is 0 Å². The van der Waals surface area contributed by atoms with Crippen molar-refractivity contribution in [2.75, 3.05) is 18.8 Å². The molecule has 0 bridgehead atoms. The van der Waals surface area contributed by atoms with E-state index in [0.717, 1.165) is 38.8 Å². The Morgan fingerprint density at radius 1 is 1.16 bits per heavy atom. The highest BCUT2D eigenvalue weighted by atomic mass is 32.2. The zero-order valence-corrected chi connectivity index (χ0v) is 13.2. The summed E-state index contributed by atoms with van der Waals surface area (Å²) in [6.07, 6.45) is 4.34. The number of hydrogen-bond donors (Lipinski definition) is 1. The fraction of sp³-hybridized carbons (Fsp3) is 0.857.